The molecule has 0 amide bonds. The molecule has 0 atom stereocenters. The van der Waals surface area contributed by atoms with E-state index >= 15 is 0 Å². The Morgan fingerprint density at radius 2 is 2.18 bits per heavy atom. The van der Waals surface area contributed by atoms with E-state index in [1.807, 2.05) is 6.92 Å². The number of nitrogens with two attached hydrogens (primary N) is 1. The van der Waals surface area contributed by atoms with E-state index in [0.29, 0.717) is 17.3 Å². The van der Waals surface area contributed by atoms with Gasteiger partial charge in [-0.3, -0.25) is 0 Å². The van der Waals surface area contributed by atoms with Crippen molar-refractivity contribution in [2.24, 2.45) is 5.73 Å². The number of rotatable bonds is 6. The van der Waals surface area contributed by atoms with Crippen LogP contribution in [0, 0.1) is 0 Å². The molecule has 1 heterocycles. The van der Waals surface area contributed by atoms with Gasteiger partial charge in [0, 0.05) is 24.0 Å². The Bertz CT molecular complexity index is 477. The first-order chi connectivity index (χ1) is 8.09. The maximum absolute atomic E-state index is 12.4. The van der Waals surface area contributed by atoms with E-state index in [0.717, 1.165) is 24.1 Å². The Morgan fingerprint density at radius 3 is 2.65 bits per heavy atom. The molecule has 0 spiro atoms. The van der Waals surface area contributed by atoms with Crippen molar-refractivity contribution >= 4 is 21.4 Å². The Labute approximate surface area is 106 Å². The van der Waals surface area contributed by atoms with Crippen LogP contribution in [-0.4, -0.2) is 25.3 Å². The van der Waals surface area contributed by atoms with Gasteiger partial charge in [-0.2, -0.15) is 4.31 Å². The molecule has 0 radical (unpaired) electrons. The minimum Gasteiger partial charge on any atom is -0.326 e. The van der Waals surface area contributed by atoms with Crippen LogP contribution >= 0.6 is 11.3 Å². The van der Waals surface area contributed by atoms with Crippen molar-refractivity contribution in [2.75, 3.05) is 6.54 Å². The van der Waals surface area contributed by atoms with Crippen molar-refractivity contribution in [3.63, 3.8) is 0 Å². The summed E-state index contributed by atoms with van der Waals surface area (Å²) in [5.41, 5.74) is 5.52. The molecule has 0 aliphatic heterocycles. The van der Waals surface area contributed by atoms with E-state index in [4.69, 9.17) is 5.73 Å². The molecule has 17 heavy (non-hydrogen) atoms. The van der Waals surface area contributed by atoms with Gasteiger partial charge >= 0.3 is 0 Å². The average molecular weight is 274 g/mol. The summed E-state index contributed by atoms with van der Waals surface area (Å²) < 4.78 is 26.9. The molecule has 6 heteroatoms. The van der Waals surface area contributed by atoms with Gasteiger partial charge in [0.15, 0.2) is 0 Å². The van der Waals surface area contributed by atoms with Crippen LogP contribution < -0.4 is 5.73 Å². The van der Waals surface area contributed by atoms with E-state index in [1.54, 1.807) is 16.4 Å². The van der Waals surface area contributed by atoms with Crippen LogP contribution in [0.3, 0.4) is 0 Å². The number of sulfonamides is 1. The summed E-state index contributed by atoms with van der Waals surface area (Å²) in [4.78, 5) is 0.913. The number of thiophene rings is 1. The van der Waals surface area contributed by atoms with E-state index in [-0.39, 0.29) is 6.04 Å². The summed E-state index contributed by atoms with van der Waals surface area (Å²) in [6, 6.07) is 3.70. The normalized spacial score (nSPS) is 16.6. The Balaban J connectivity index is 2.26. The first-order valence-corrected chi connectivity index (χ1v) is 8.16. The fraction of sp³-hybridized carbons (Fsp3) is 0.636. The van der Waals surface area contributed by atoms with Crippen molar-refractivity contribution in [3.05, 3.63) is 17.0 Å². The third-order valence-corrected chi connectivity index (χ3v) is 6.33. The molecule has 0 saturated heterocycles. The number of nitrogens with zero attached hydrogens (tertiary/aromatic N) is 1. The summed E-state index contributed by atoms with van der Waals surface area (Å²) in [6.07, 6.45) is 2.84. The third-order valence-electron chi connectivity index (χ3n) is 2.80. The highest BCUT2D eigenvalue weighted by atomic mass is 32.2. The predicted molar refractivity (Wildman–Crippen MR) is 69.4 cm³/mol. The van der Waals surface area contributed by atoms with Crippen molar-refractivity contribution in [2.45, 2.75) is 43.0 Å². The molecule has 0 unspecified atom stereocenters. The van der Waals surface area contributed by atoms with Crippen LogP contribution in [0.4, 0.5) is 0 Å². The first-order valence-electron chi connectivity index (χ1n) is 5.90. The van der Waals surface area contributed by atoms with E-state index in [1.165, 1.54) is 11.3 Å². The lowest BCUT2D eigenvalue weighted by atomic mass is 10.5. The largest absolute Gasteiger partial charge is 0.326 e. The molecule has 1 aromatic heterocycles. The fourth-order valence-corrected chi connectivity index (χ4v) is 4.94. The van der Waals surface area contributed by atoms with E-state index in [9.17, 15) is 8.42 Å². The zero-order chi connectivity index (χ0) is 12.5. The first kappa shape index (κ1) is 13.0. The lowest BCUT2D eigenvalue weighted by molar-refractivity contribution is 0.404. The van der Waals surface area contributed by atoms with Crippen LogP contribution in [0.25, 0.3) is 0 Å². The van der Waals surface area contributed by atoms with Gasteiger partial charge in [-0.15, -0.1) is 11.3 Å². The van der Waals surface area contributed by atoms with Crippen LogP contribution in [0.15, 0.2) is 16.3 Å². The van der Waals surface area contributed by atoms with Crippen molar-refractivity contribution in [1.82, 2.24) is 4.31 Å². The third kappa shape index (κ3) is 2.70. The molecule has 1 fully saturated rings. The zero-order valence-electron chi connectivity index (χ0n) is 9.93. The highest BCUT2D eigenvalue weighted by Crippen LogP contribution is 2.34. The fourth-order valence-electron chi connectivity index (χ4n) is 1.80. The van der Waals surface area contributed by atoms with Crippen molar-refractivity contribution in [1.29, 1.82) is 0 Å². The minimum atomic E-state index is -3.29. The summed E-state index contributed by atoms with van der Waals surface area (Å²) in [6.45, 7) is 3.02. The molecule has 1 aromatic rings. The molecule has 0 aromatic carbocycles. The standard InChI is InChI=1S/C11H18N2O2S2/c1-2-7-13(9-3-4-9)17(14,15)11-6-5-10(8-12)16-11/h5-6,9H,2-4,7-8,12H2,1H3. The van der Waals surface area contributed by atoms with Gasteiger partial charge in [0.1, 0.15) is 4.21 Å². The van der Waals surface area contributed by atoms with E-state index < -0.39 is 10.0 Å². The number of hydrogen-bond acceptors (Lipinski definition) is 4. The lowest BCUT2D eigenvalue weighted by Gasteiger charge is -2.19. The highest BCUT2D eigenvalue weighted by Gasteiger charge is 2.37. The molecule has 1 aliphatic carbocycles. The van der Waals surface area contributed by atoms with Gasteiger partial charge in [0.2, 0.25) is 0 Å². The summed E-state index contributed by atoms with van der Waals surface area (Å²) in [5.74, 6) is 0. The Morgan fingerprint density at radius 1 is 1.47 bits per heavy atom. The highest BCUT2D eigenvalue weighted by molar-refractivity contribution is 7.91. The SMILES string of the molecule is CCCN(C1CC1)S(=O)(=O)c1ccc(CN)s1. The molecule has 2 N–H and O–H groups in total. The monoisotopic (exact) mass is 274 g/mol. The molecule has 96 valence electrons. The van der Waals surface area contributed by atoms with Crippen LogP contribution in [0.1, 0.15) is 31.1 Å². The smallest absolute Gasteiger partial charge is 0.252 e. The average Bonchev–Trinajstić information content (AvgIpc) is 3.01. The maximum atomic E-state index is 12.4. The van der Waals surface area contributed by atoms with Gasteiger partial charge in [-0.05, 0) is 31.4 Å². The summed E-state index contributed by atoms with van der Waals surface area (Å²) >= 11 is 1.28. The van der Waals surface area contributed by atoms with Gasteiger partial charge in [-0.1, -0.05) is 6.92 Å². The second kappa shape index (κ2) is 5.06. The molecule has 1 aliphatic rings. The zero-order valence-corrected chi connectivity index (χ0v) is 11.6. The molecule has 1 saturated carbocycles. The molecular formula is C11H18N2O2S2. The van der Waals surface area contributed by atoms with Crippen LogP contribution in [-0.2, 0) is 16.6 Å². The second-order valence-electron chi connectivity index (χ2n) is 4.27. The molecular weight excluding hydrogens is 256 g/mol. The molecule has 0 bridgehead atoms. The lowest BCUT2D eigenvalue weighted by Crippen LogP contribution is -2.33. The van der Waals surface area contributed by atoms with Gasteiger partial charge in [0.25, 0.3) is 10.0 Å². The minimum absolute atomic E-state index is 0.225. The quantitative estimate of drug-likeness (QED) is 0.860. The van der Waals surface area contributed by atoms with Gasteiger partial charge < -0.3 is 5.73 Å². The second-order valence-corrected chi connectivity index (χ2v) is 7.56. The predicted octanol–water partition coefficient (Wildman–Crippen LogP) is 1.77. The Kier molecular flexibility index (Phi) is 3.87. The maximum Gasteiger partial charge on any atom is 0.252 e. The Hall–Kier alpha value is -0.430. The summed E-state index contributed by atoms with van der Waals surface area (Å²) in [5, 5.41) is 0. The molecule has 4 nitrogen and oxygen atoms in total. The van der Waals surface area contributed by atoms with Crippen LogP contribution in [0.5, 0.6) is 0 Å². The van der Waals surface area contributed by atoms with Gasteiger partial charge in [0.05, 0.1) is 0 Å². The summed E-state index contributed by atoms with van der Waals surface area (Å²) in [7, 11) is -3.29. The topological polar surface area (TPSA) is 63.4 Å². The van der Waals surface area contributed by atoms with Crippen molar-refractivity contribution < 1.29 is 8.42 Å². The molecule has 2 rings (SSSR count). The van der Waals surface area contributed by atoms with Crippen LogP contribution in [0.2, 0.25) is 0 Å². The van der Waals surface area contributed by atoms with Crippen molar-refractivity contribution in [3.8, 4) is 0 Å². The van der Waals surface area contributed by atoms with Gasteiger partial charge in [-0.25, -0.2) is 8.42 Å². The number of hydrogen-bond donors (Lipinski definition) is 1. The van der Waals surface area contributed by atoms with E-state index in [2.05, 4.69) is 0 Å².